The van der Waals surface area contributed by atoms with E-state index in [1.54, 1.807) is 0 Å². The van der Waals surface area contributed by atoms with Gasteiger partial charge in [-0.25, -0.2) is 4.79 Å². The van der Waals surface area contributed by atoms with Gasteiger partial charge in [0.15, 0.2) is 10.7 Å². The van der Waals surface area contributed by atoms with Gasteiger partial charge in [-0.3, -0.25) is 4.79 Å². The molecule has 0 bridgehead atoms. The van der Waals surface area contributed by atoms with Crippen molar-refractivity contribution in [3.8, 4) is 5.75 Å². The fraction of sp³-hybridized carbons (Fsp3) is 0.231. The average molecular weight is 314 g/mol. The number of hydrogen-bond donors (Lipinski definition) is 1. The van der Waals surface area contributed by atoms with Crippen LogP contribution in [0.4, 0.5) is 0 Å². The first-order valence-electron chi connectivity index (χ1n) is 5.76. The number of carbonyl (C=O) groups excluding carboxylic acids is 1. The van der Waals surface area contributed by atoms with E-state index in [1.807, 2.05) is 0 Å². The minimum absolute atomic E-state index is 0.146. The molecular formula is C13H14O7S. The Morgan fingerprint density at radius 2 is 2.00 bits per heavy atom. The molecule has 1 rings (SSSR count). The molecule has 0 fully saturated rings. The van der Waals surface area contributed by atoms with Gasteiger partial charge in [0.1, 0.15) is 5.75 Å². The zero-order valence-corrected chi connectivity index (χ0v) is 12.2. The molecule has 0 aliphatic carbocycles. The Balaban J connectivity index is 3.11. The van der Waals surface area contributed by atoms with Crippen LogP contribution in [0, 0.1) is 0 Å². The topological polar surface area (TPSA) is 107 Å². The zero-order chi connectivity index (χ0) is 16.0. The lowest BCUT2D eigenvalue weighted by Gasteiger charge is -2.08. The molecule has 0 aliphatic rings. The molecule has 0 saturated heterocycles. The second-order valence-electron chi connectivity index (χ2n) is 3.95. The van der Waals surface area contributed by atoms with Gasteiger partial charge in [0, 0.05) is 12.7 Å². The minimum atomic E-state index is -4.52. The number of carboxylic acid groups (broad SMARTS) is 1. The number of rotatable bonds is 7. The molecule has 0 amide bonds. The molecule has 1 aromatic carbocycles. The van der Waals surface area contributed by atoms with E-state index in [2.05, 4.69) is 4.74 Å². The third-order valence-electron chi connectivity index (χ3n) is 2.36. The largest absolute Gasteiger partial charge is 0.477 e. The lowest BCUT2D eigenvalue weighted by Crippen LogP contribution is -2.19. The van der Waals surface area contributed by atoms with Crippen molar-refractivity contribution in [1.82, 2.24) is 0 Å². The number of methoxy groups -OCH3 is 1. The van der Waals surface area contributed by atoms with E-state index >= 15 is 0 Å². The number of hydrogen-bond acceptors (Lipinski definition) is 6. The normalized spacial score (nSPS) is 12.0. The summed E-state index contributed by atoms with van der Waals surface area (Å²) in [6.45, 7) is 1.12. The number of ether oxygens (including phenoxy) is 1. The molecule has 8 heteroatoms. The Morgan fingerprint density at radius 1 is 1.33 bits per heavy atom. The lowest BCUT2D eigenvalue weighted by atomic mass is 10.1. The average Bonchev–Trinajstić information content (AvgIpc) is 2.38. The zero-order valence-electron chi connectivity index (χ0n) is 11.4. The van der Waals surface area contributed by atoms with Crippen LogP contribution in [0.3, 0.4) is 0 Å². The van der Waals surface area contributed by atoms with Gasteiger partial charge in [-0.05, 0) is 25.1 Å². The van der Waals surface area contributed by atoms with Crippen molar-refractivity contribution in [2.75, 3.05) is 13.7 Å². The number of carboxylic acids is 1. The Bertz CT molecular complexity index is 674. The van der Waals surface area contributed by atoms with Crippen LogP contribution in [0.15, 0.2) is 35.2 Å². The molecule has 0 radical (unpaired) electrons. The van der Waals surface area contributed by atoms with Crippen LogP contribution in [0.5, 0.6) is 5.75 Å². The minimum Gasteiger partial charge on any atom is -0.477 e. The van der Waals surface area contributed by atoms with Crippen molar-refractivity contribution in [3.63, 3.8) is 0 Å². The third kappa shape index (κ3) is 4.69. The van der Waals surface area contributed by atoms with Crippen molar-refractivity contribution in [2.24, 2.45) is 0 Å². The number of benzene rings is 1. The molecule has 0 unspecified atom stereocenters. The van der Waals surface area contributed by atoms with Gasteiger partial charge in [-0.15, -0.1) is 0 Å². The monoisotopic (exact) mass is 314 g/mol. The highest BCUT2D eigenvalue weighted by Crippen LogP contribution is 2.19. The van der Waals surface area contributed by atoms with Crippen molar-refractivity contribution in [2.45, 2.75) is 6.92 Å². The summed E-state index contributed by atoms with van der Waals surface area (Å²) >= 11 is 0. The van der Waals surface area contributed by atoms with E-state index in [0.29, 0.717) is 0 Å². The summed E-state index contributed by atoms with van der Waals surface area (Å²) in [5, 5.41) is 8.92. The van der Waals surface area contributed by atoms with Gasteiger partial charge < -0.3 is 14.0 Å². The first kappa shape index (κ1) is 16.9. The first-order valence-corrected chi connectivity index (χ1v) is 7.16. The molecule has 1 aromatic rings. The highest BCUT2D eigenvalue weighted by molar-refractivity contribution is 7.92. The fourth-order valence-electron chi connectivity index (χ4n) is 1.39. The maximum Gasteiger partial charge on any atom is 0.350 e. The molecule has 0 saturated carbocycles. The van der Waals surface area contributed by atoms with Crippen LogP contribution < -0.4 is 4.18 Å². The smallest absolute Gasteiger partial charge is 0.350 e. The molecule has 0 aromatic heterocycles. The Morgan fingerprint density at radius 3 is 2.52 bits per heavy atom. The molecule has 0 atom stereocenters. The van der Waals surface area contributed by atoms with Crippen molar-refractivity contribution in [3.05, 3.63) is 40.8 Å². The van der Waals surface area contributed by atoms with Crippen LogP contribution in [0.25, 0.3) is 0 Å². The molecular weight excluding hydrogens is 300 g/mol. The predicted octanol–water partition coefficient (Wildman–Crippen LogP) is 1.21. The van der Waals surface area contributed by atoms with E-state index < -0.39 is 21.0 Å². The summed E-state index contributed by atoms with van der Waals surface area (Å²) in [5.41, 5.74) is 0.250. The Kier molecular flexibility index (Phi) is 5.62. The SMILES string of the molecule is COCC=C(C(=O)O)S(=O)(=O)Oc1cccc(C(C)=O)c1. The summed E-state index contributed by atoms with van der Waals surface area (Å²) in [7, 11) is -3.23. The number of carbonyl (C=O) groups is 2. The maximum absolute atomic E-state index is 11.9. The van der Waals surface area contributed by atoms with Crippen molar-refractivity contribution < 1.29 is 32.0 Å². The number of ketones is 1. The predicted molar refractivity (Wildman–Crippen MR) is 73.6 cm³/mol. The Hall–Kier alpha value is -2.19. The van der Waals surface area contributed by atoms with E-state index in [0.717, 1.165) is 6.08 Å². The van der Waals surface area contributed by atoms with Crippen LogP contribution >= 0.6 is 0 Å². The standard InChI is InChI=1S/C13H14O7S/c1-9(14)10-4-3-5-11(8-10)20-21(17,18)12(13(15)16)6-7-19-2/h3-6,8H,7H2,1-2H3,(H,15,16). The van der Waals surface area contributed by atoms with E-state index in [9.17, 15) is 18.0 Å². The second kappa shape index (κ2) is 7.00. The highest BCUT2D eigenvalue weighted by atomic mass is 32.2. The molecule has 7 nitrogen and oxygen atoms in total. The fourth-order valence-corrected chi connectivity index (χ4v) is 2.33. The highest BCUT2D eigenvalue weighted by Gasteiger charge is 2.26. The van der Waals surface area contributed by atoms with Gasteiger partial charge in [0.05, 0.1) is 6.61 Å². The van der Waals surface area contributed by atoms with Gasteiger partial charge in [0.2, 0.25) is 0 Å². The summed E-state index contributed by atoms with van der Waals surface area (Å²) in [5.74, 6) is -2.08. The lowest BCUT2D eigenvalue weighted by molar-refractivity contribution is -0.131. The van der Waals surface area contributed by atoms with Gasteiger partial charge in [-0.1, -0.05) is 12.1 Å². The molecule has 21 heavy (non-hydrogen) atoms. The van der Waals surface area contributed by atoms with E-state index in [4.69, 9.17) is 9.29 Å². The third-order valence-corrected chi connectivity index (χ3v) is 3.65. The number of Topliss-reactive ketones (excluding diaryl/α,β-unsaturated/α-hetero) is 1. The molecule has 0 heterocycles. The van der Waals surface area contributed by atoms with Gasteiger partial charge in [0.25, 0.3) is 0 Å². The van der Waals surface area contributed by atoms with E-state index in [-0.39, 0.29) is 23.7 Å². The first-order chi connectivity index (χ1) is 9.77. The van der Waals surface area contributed by atoms with E-state index in [1.165, 1.54) is 38.3 Å². The quantitative estimate of drug-likeness (QED) is 0.458. The van der Waals surface area contributed by atoms with Crippen molar-refractivity contribution >= 4 is 21.9 Å². The Labute approximate surface area is 121 Å². The summed E-state index contributed by atoms with van der Waals surface area (Å²) < 4.78 is 33.2. The maximum atomic E-state index is 11.9. The van der Waals surface area contributed by atoms with Crippen LogP contribution in [0.2, 0.25) is 0 Å². The van der Waals surface area contributed by atoms with Crippen LogP contribution in [0.1, 0.15) is 17.3 Å². The van der Waals surface area contributed by atoms with Gasteiger partial charge in [-0.2, -0.15) is 8.42 Å². The molecule has 1 N–H and O–H groups in total. The molecule has 0 spiro atoms. The summed E-state index contributed by atoms with van der Waals surface area (Å²) in [4.78, 5) is 21.3. The molecule has 0 aliphatic heterocycles. The second-order valence-corrected chi connectivity index (χ2v) is 5.47. The van der Waals surface area contributed by atoms with Crippen LogP contribution in [-0.2, 0) is 19.6 Å². The summed E-state index contributed by atoms with van der Waals surface area (Å²) in [6.07, 6.45) is 0.881. The van der Waals surface area contributed by atoms with Gasteiger partial charge >= 0.3 is 16.1 Å². The van der Waals surface area contributed by atoms with Crippen LogP contribution in [-0.4, -0.2) is 39.0 Å². The van der Waals surface area contributed by atoms with Crippen molar-refractivity contribution in [1.29, 1.82) is 0 Å². The summed E-state index contributed by atoms with van der Waals surface area (Å²) in [6, 6.07) is 5.44. The molecule has 114 valence electrons. The number of aliphatic carboxylic acids is 1.